The van der Waals surface area contributed by atoms with Gasteiger partial charge in [-0.1, -0.05) is 26.8 Å². The third kappa shape index (κ3) is 4.42. The predicted octanol–water partition coefficient (Wildman–Crippen LogP) is 4.62. The van der Waals surface area contributed by atoms with Gasteiger partial charge in [-0.2, -0.15) is 18.4 Å². The van der Waals surface area contributed by atoms with Gasteiger partial charge in [0.15, 0.2) is 11.4 Å². The van der Waals surface area contributed by atoms with Gasteiger partial charge in [-0.15, -0.1) is 0 Å². The summed E-state index contributed by atoms with van der Waals surface area (Å²) in [6, 6.07) is 5.80. The molecule has 0 radical (unpaired) electrons. The van der Waals surface area contributed by atoms with E-state index >= 15 is 0 Å². The van der Waals surface area contributed by atoms with Crippen LogP contribution in [0.5, 0.6) is 5.75 Å². The molecule has 0 amide bonds. The van der Waals surface area contributed by atoms with Crippen molar-refractivity contribution in [2.45, 2.75) is 46.7 Å². The molecule has 0 N–H and O–H groups in total. The van der Waals surface area contributed by atoms with Crippen LogP contribution in [0.3, 0.4) is 0 Å². The number of esters is 1. The number of aryl methyl sites for hydroxylation is 1. The maximum Gasteiger partial charge on any atom is 0.394 e. The Kier molecular flexibility index (Phi) is 5.55. The summed E-state index contributed by atoms with van der Waals surface area (Å²) in [5, 5.41) is 9.71. The molecule has 0 unspecified atom stereocenters. The van der Waals surface area contributed by atoms with Crippen molar-refractivity contribution in [1.29, 1.82) is 5.26 Å². The molecule has 0 saturated carbocycles. The van der Waals surface area contributed by atoms with Crippen molar-refractivity contribution in [3.05, 3.63) is 41.0 Å². The van der Waals surface area contributed by atoms with Crippen molar-refractivity contribution in [2.75, 3.05) is 13.6 Å². The number of hydrogen-bond donors (Lipinski definition) is 0. The van der Waals surface area contributed by atoms with Crippen LogP contribution >= 0.6 is 0 Å². The first-order valence-electron chi connectivity index (χ1n) is 10.7. The van der Waals surface area contributed by atoms with E-state index in [-0.39, 0.29) is 47.2 Å². The summed E-state index contributed by atoms with van der Waals surface area (Å²) in [4.78, 5) is 16.4. The quantitative estimate of drug-likeness (QED) is 0.604. The lowest BCUT2D eigenvalue weighted by molar-refractivity contribution is -0.211. The zero-order valence-corrected chi connectivity index (χ0v) is 17.1. The summed E-state index contributed by atoms with van der Waals surface area (Å²) in [6.07, 6.45) is -4.67. The Bertz CT molecular complexity index is 1070. The molecular weight excluding hydrogens is 399 g/mol. The van der Waals surface area contributed by atoms with E-state index in [2.05, 4.69) is 4.98 Å². The second-order valence-electron chi connectivity index (χ2n) is 7.21. The normalized spacial score (nSPS) is 13.7. The van der Waals surface area contributed by atoms with E-state index in [0.717, 1.165) is 13.8 Å². The van der Waals surface area contributed by atoms with Crippen molar-refractivity contribution in [1.82, 2.24) is 9.55 Å². The van der Waals surface area contributed by atoms with Crippen LogP contribution in [0.15, 0.2) is 18.2 Å². The topological polar surface area (TPSA) is 77.1 Å². The number of carbonyl (C=O) groups is 1. The largest absolute Gasteiger partial charge is 0.495 e. The van der Waals surface area contributed by atoms with Crippen molar-refractivity contribution in [3.8, 4) is 17.5 Å². The van der Waals surface area contributed by atoms with Crippen LogP contribution < -0.4 is 4.74 Å². The lowest BCUT2D eigenvalue weighted by Crippen LogP contribution is -2.34. The highest BCUT2D eigenvalue weighted by Gasteiger charge is 2.47. The molecule has 0 saturated heterocycles. The Hall–Kier alpha value is -3.02. The molecule has 9 heteroatoms. The molecule has 0 spiro atoms. The van der Waals surface area contributed by atoms with Gasteiger partial charge in [0.1, 0.15) is 17.6 Å². The zero-order valence-electron chi connectivity index (χ0n) is 20.1. The highest BCUT2D eigenvalue weighted by atomic mass is 19.4. The van der Waals surface area contributed by atoms with Crippen LogP contribution in [0.2, 0.25) is 0 Å². The van der Waals surface area contributed by atoms with Gasteiger partial charge >= 0.3 is 12.1 Å². The van der Waals surface area contributed by atoms with E-state index in [0.29, 0.717) is 0 Å². The Labute approximate surface area is 177 Å². The number of alkyl halides is 3. The van der Waals surface area contributed by atoms with Crippen molar-refractivity contribution in [2.24, 2.45) is 5.41 Å². The number of benzene rings is 1. The third-order valence-electron chi connectivity index (χ3n) is 4.63. The lowest BCUT2D eigenvalue weighted by Gasteiger charge is -2.28. The molecule has 1 heterocycles. The molecule has 0 atom stereocenters. The SMILES string of the molecule is [2H]C([2H])([2H])Oc1cc(CC(C)(C)C(F)(F)F)ccc1-n1c(CC)nc(C(=O)OCC)c1C#N. The molecule has 0 aliphatic heterocycles. The number of methoxy groups -OCH3 is 1. The summed E-state index contributed by atoms with van der Waals surface area (Å²) < 4.78 is 73.8. The summed E-state index contributed by atoms with van der Waals surface area (Å²) in [5.74, 6) is -0.859. The molecule has 30 heavy (non-hydrogen) atoms. The standard InChI is InChI=1S/C21H24F3N3O3/c1-6-17-26-18(19(28)30-7-2)15(12-25)27(17)14-9-8-13(10-16(14)29-5)11-20(3,4)21(22,23)24/h8-10H,6-7,11H2,1-5H3/i5D3. The van der Waals surface area contributed by atoms with Crippen molar-refractivity contribution < 1.29 is 31.6 Å². The fraction of sp³-hybridized carbons (Fsp3) is 0.476. The molecule has 0 aliphatic rings. The minimum absolute atomic E-state index is 0.0507. The van der Waals surface area contributed by atoms with Gasteiger partial charge in [-0.05, 0) is 31.0 Å². The number of aromatic nitrogens is 2. The predicted molar refractivity (Wildman–Crippen MR) is 104 cm³/mol. The maximum atomic E-state index is 13.4. The zero-order chi connectivity index (χ0) is 25.2. The number of halogens is 3. The number of carbonyl (C=O) groups excluding carboxylic acids is 1. The molecule has 0 bridgehead atoms. The summed E-state index contributed by atoms with van der Waals surface area (Å²) >= 11 is 0. The maximum absolute atomic E-state index is 13.4. The molecule has 1 aromatic carbocycles. The van der Waals surface area contributed by atoms with Gasteiger partial charge in [-0.3, -0.25) is 4.57 Å². The Morgan fingerprint density at radius 3 is 2.57 bits per heavy atom. The van der Waals surface area contributed by atoms with Gasteiger partial charge in [0.25, 0.3) is 0 Å². The van der Waals surface area contributed by atoms with Gasteiger partial charge in [0, 0.05) is 6.42 Å². The minimum atomic E-state index is -4.49. The monoisotopic (exact) mass is 426 g/mol. The first kappa shape index (κ1) is 19.0. The van der Waals surface area contributed by atoms with E-state index in [1.165, 1.54) is 22.8 Å². The average molecular weight is 426 g/mol. The van der Waals surface area contributed by atoms with E-state index in [4.69, 9.17) is 13.6 Å². The highest BCUT2D eigenvalue weighted by Crippen LogP contribution is 2.41. The number of imidazole rings is 1. The first-order chi connectivity index (χ1) is 15.1. The minimum Gasteiger partial charge on any atom is -0.495 e. The number of ether oxygens (including phenoxy) is 2. The Morgan fingerprint density at radius 2 is 2.03 bits per heavy atom. The second-order valence-corrected chi connectivity index (χ2v) is 7.21. The van der Waals surface area contributed by atoms with E-state index in [9.17, 15) is 23.2 Å². The van der Waals surface area contributed by atoms with Gasteiger partial charge in [0.05, 0.1) is 28.9 Å². The van der Waals surface area contributed by atoms with Crippen LogP contribution in [0.4, 0.5) is 13.2 Å². The Morgan fingerprint density at radius 1 is 1.33 bits per heavy atom. The van der Waals surface area contributed by atoms with Crippen LogP contribution in [0, 0.1) is 16.7 Å². The smallest absolute Gasteiger partial charge is 0.394 e. The average Bonchev–Trinajstić information content (AvgIpc) is 3.04. The first-order valence-corrected chi connectivity index (χ1v) is 9.23. The van der Waals surface area contributed by atoms with Crippen LogP contribution in [0.25, 0.3) is 5.69 Å². The van der Waals surface area contributed by atoms with Crippen molar-refractivity contribution in [3.63, 3.8) is 0 Å². The number of rotatable bonds is 7. The Balaban J connectivity index is 2.72. The highest BCUT2D eigenvalue weighted by molar-refractivity contribution is 5.90. The van der Waals surface area contributed by atoms with Crippen molar-refractivity contribution >= 4 is 5.97 Å². The van der Waals surface area contributed by atoms with Gasteiger partial charge in [-0.25, -0.2) is 9.78 Å². The summed E-state index contributed by atoms with van der Waals surface area (Å²) in [7, 11) is -2.92. The lowest BCUT2D eigenvalue weighted by atomic mass is 9.85. The molecule has 0 fully saturated rings. The summed E-state index contributed by atoms with van der Waals surface area (Å²) in [6.45, 7) is 5.42. The number of hydrogen-bond acceptors (Lipinski definition) is 5. The van der Waals surface area contributed by atoms with Gasteiger partial charge in [0.2, 0.25) is 0 Å². The molecule has 0 aliphatic carbocycles. The van der Waals surface area contributed by atoms with Crippen LogP contribution in [0.1, 0.15) is 59.4 Å². The molecule has 6 nitrogen and oxygen atoms in total. The van der Waals surface area contributed by atoms with E-state index in [1.807, 2.05) is 6.07 Å². The molecule has 1 aromatic heterocycles. The summed E-state index contributed by atoms with van der Waals surface area (Å²) in [5.41, 5.74) is -2.30. The number of nitriles is 1. The van der Waals surface area contributed by atoms with Crippen LogP contribution in [-0.4, -0.2) is 35.3 Å². The fourth-order valence-corrected chi connectivity index (χ4v) is 2.95. The van der Waals surface area contributed by atoms with Crippen LogP contribution in [-0.2, 0) is 17.6 Å². The fourth-order valence-electron chi connectivity index (χ4n) is 2.95. The number of nitrogens with zero attached hydrogens (tertiary/aromatic N) is 3. The molecule has 2 rings (SSSR count). The van der Waals surface area contributed by atoms with E-state index < -0.39 is 31.0 Å². The molecule has 162 valence electrons. The molecular formula is C21H24F3N3O3. The molecule has 2 aromatic rings. The third-order valence-corrected chi connectivity index (χ3v) is 4.63. The van der Waals surface area contributed by atoms with Gasteiger partial charge < -0.3 is 9.47 Å². The second kappa shape index (κ2) is 8.78. The van der Waals surface area contributed by atoms with E-state index in [1.54, 1.807) is 13.8 Å².